The fourth-order valence-electron chi connectivity index (χ4n) is 2.21. The minimum Gasteiger partial charge on any atom is -0.304 e. The van der Waals surface area contributed by atoms with Gasteiger partial charge in [-0.2, -0.15) is 140 Å². The Hall–Kier alpha value is -2.14. The minimum absolute atomic E-state index is 0.904. The van der Waals surface area contributed by atoms with Crippen molar-refractivity contribution >= 4 is 8.80 Å². The van der Waals surface area contributed by atoms with E-state index >= 15 is 0 Å². The maximum atomic E-state index is 14.2. The van der Waals surface area contributed by atoms with Crippen molar-refractivity contribution in [2.24, 2.45) is 0 Å². The Kier molecular flexibility index (Phi) is 11.4. The molecule has 0 amide bonds. The Bertz CT molecular complexity index is 1070. The van der Waals surface area contributed by atoms with E-state index in [1.807, 2.05) is 0 Å². The highest BCUT2D eigenvalue weighted by Gasteiger charge is 2.94. The van der Waals surface area contributed by atoms with Gasteiger partial charge in [-0.25, -0.2) is 0 Å². The van der Waals surface area contributed by atoms with Crippen LogP contribution in [0.1, 0.15) is 0 Å². The topological polar surface area (TPSA) is 27.7 Å². The Morgan fingerprint density at radius 1 is 0.220 bits per heavy atom. The second kappa shape index (κ2) is 11.9. The second-order valence-corrected chi connectivity index (χ2v) is 10.8. The summed E-state index contributed by atoms with van der Waals surface area (Å²) in [5, 5.41) is 0. The van der Waals surface area contributed by atoms with Crippen LogP contribution in [0.4, 0.5) is 140 Å². The number of hydrogen-bond acceptors (Lipinski definition) is 3. The predicted octanol–water partition coefficient (Wildman–Crippen LogP) is 9.99. The van der Waals surface area contributed by atoms with E-state index < -0.39 is 92.9 Å². The van der Waals surface area contributed by atoms with Gasteiger partial charge in [0.1, 0.15) is 0 Å². The van der Waals surface area contributed by atoms with Crippen molar-refractivity contribution in [3.05, 3.63) is 0 Å². The molecule has 0 aromatic heterocycles. The molecule has 0 radical (unpaired) electrons. The molecule has 50 heavy (non-hydrogen) atoms. The van der Waals surface area contributed by atoms with E-state index in [4.69, 9.17) is 0 Å². The van der Waals surface area contributed by atoms with Crippen molar-refractivity contribution in [1.29, 1.82) is 0 Å². The van der Waals surface area contributed by atoms with Crippen LogP contribution in [0.2, 0.25) is 0 Å². The average Bonchev–Trinajstić information content (AvgIpc) is 2.79. The number of rotatable bonds is 13. The Morgan fingerprint density at radius 2 is 0.380 bits per heavy atom. The molecule has 36 heteroatoms. The molecule has 302 valence electrons. The minimum atomic E-state index is -12.1. The number of alkyl halides is 32. The van der Waals surface area contributed by atoms with Gasteiger partial charge >= 0.3 is 92.9 Å². The van der Waals surface area contributed by atoms with Crippen LogP contribution in [0.15, 0.2) is 0 Å². The molecule has 0 aliphatic carbocycles. The van der Waals surface area contributed by atoms with Gasteiger partial charge in [-0.3, -0.25) is 0 Å². The number of halogens is 32. The standard InChI is InChI=1S/C14F32O3Si/c15-1(16,7(27,28)29)4(21,22)11(39,40)47-50(14(45,46)10(36,37)38,48-12(41,42)5(23,24)2(17,18)8(30,31)32)49-13(43,44)6(25,26)3(19,20)9(33,34)35. The average molecular weight is 852 g/mol. The van der Waals surface area contributed by atoms with Crippen LogP contribution < -0.4 is 0 Å². The SMILES string of the molecule is FC(F)(F)C(F)(F)C(F)(F)C(F)(F)O[Si](OC(F)(F)C(F)(F)C(F)(F)C(F)(F)F)(OC(F)(F)C(F)(F)C(F)(F)C(F)(F)F)C(F)(F)C(F)(F)F. The zero-order valence-corrected chi connectivity index (χ0v) is 21.8. The van der Waals surface area contributed by atoms with Crippen LogP contribution in [-0.2, 0) is 13.3 Å². The Morgan fingerprint density at radius 3 is 0.500 bits per heavy atom. The molecule has 0 rings (SSSR count). The van der Waals surface area contributed by atoms with Crippen molar-refractivity contribution < 1.29 is 154 Å². The molecule has 0 bridgehead atoms. The highest BCUT2D eigenvalue weighted by atomic mass is 28.4. The zero-order valence-electron chi connectivity index (χ0n) is 20.8. The fraction of sp³-hybridized carbons (Fsp3) is 1.00. The van der Waals surface area contributed by atoms with Gasteiger partial charge in [0.2, 0.25) is 0 Å². The molecule has 0 saturated heterocycles. The van der Waals surface area contributed by atoms with E-state index in [9.17, 15) is 140 Å². The summed E-state index contributed by atoms with van der Waals surface area (Å²) in [6.07, 6.45) is -62.5. The molecule has 0 aliphatic heterocycles. The zero-order chi connectivity index (χ0) is 41.6. The van der Waals surface area contributed by atoms with Crippen molar-refractivity contribution in [3.63, 3.8) is 0 Å². The summed E-state index contributed by atoms with van der Waals surface area (Å²) in [4.78, 5) is 0. The number of hydrogen-bond donors (Lipinski definition) is 0. The van der Waals surface area contributed by atoms with Gasteiger partial charge in [0.25, 0.3) is 0 Å². The third-order valence-electron chi connectivity index (χ3n) is 4.88. The van der Waals surface area contributed by atoms with Crippen LogP contribution in [0.5, 0.6) is 0 Å². The molecule has 0 aromatic carbocycles. The molecule has 0 spiro atoms. The third kappa shape index (κ3) is 6.99. The highest BCUT2D eigenvalue weighted by molar-refractivity contribution is 6.64. The van der Waals surface area contributed by atoms with Gasteiger partial charge in [-0.1, -0.05) is 0 Å². The smallest absolute Gasteiger partial charge is 0.304 e. The van der Waals surface area contributed by atoms with Crippen LogP contribution >= 0.6 is 0 Å². The lowest BCUT2D eigenvalue weighted by molar-refractivity contribution is -0.469. The molecular weight excluding hydrogens is 852 g/mol. The first-order valence-electron chi connectivity index (χ1n) is 10.0. The van der Waals surface area contributed by atoms with E-state index in [-0.39, 0.29) is 0 Å². The van der Waals surface area contributed by atoms with Gasteiger partial charge < -0.3 is 13.3 Å². The summed E-state index contributed by atoms with van der Waals surface area (Å²) >= 11 is 0. The Balaban J connectivity index is 8.64. The lowest BCUT2D eigenvalue weighted by Gasteiger charge is -2.45. The third-order valence-corrected chi connectivity index (χ3v) is 7.50. The van der Waals surface area contributed by atoms with E-state index in [1.54, 1.807) is 0 Å². The molecule has 0 unspecified atom stereocenters. The fourth-order valence-corrected chi connectivity index (χ4v) is 4.46. The molecule has 0 aliphatic rings. The Labute approximate surface area is 248 Å². The van der Waals surface area contributed by atoms with Crippen molar-refractivity contribution in [1.82, 2.24) is 0 Å². The van der Waals surface area contributed by atoms with Crippen LogP contribution in [-0.4, -0.2) is 92.9 Å². The maximum absolute atomic E-state index is 14.2. The molecule has 0 atom stereocenters. The largest absolute Gasteiger partial charge is 0.599 e. The first-order chi connectivity index (χ1) is 20.9. The lowest BCUT2D eigenvalue weighted by Crippen LogP contribution is -2.78. The van der Waals surface area contributed by atoms with Crippen molar-refractivity contribution in [2.45, 2.75) is 84.1 Å². The molecule has 3 nitrogen and oxygen atoms in total. The summed E-state index contributed by atoms with van der Waals surface area (Å²) in [5.74, 6) is -54.6. The second-order valence-electron chi connectivity index (χ2n) is 8.42. The van der Waals surface area contributed by atoms with Gasteiger partial charge in [0, 0.05) is 0 Å². The van der Waals surface area contributed by atoms with Crippen molar-refractivity contribution in [3.8, 4) is 0 Å². The lowest BCUT2D eigenvalue weighted by atomic mass is 10.1. The summed E-state index contributed by atoms with van der Waals surface area (Å²) in [7, 11) is -12.1. The first kappa shape index (κ1) is 47.9. The van der Waals surface area contributed by atoms with Crippen LogP contribution in [0, 0.1) is 0 Å². The quantitative estimate of drug-likeness (QED) is 0.137. The van der Waals surface area contributed by atoms with E-state index in [1.165, 1.54) is 0 Å². The van der Waals surface area contributed by atoms with Crippen molar-refractivity contribution in [2.75, 3.05) is 0 Å². The summed E-state index contributed by atoms with van der Waals surface area (Å²) in [5.41, 5.74) is -9.51. The first-order valence-corrected chi connectivity index (χ1v) is 11.7. The van der Waals surface area contributed by atoms with Gasteiger partial charge in [0.05, 0.1) is 0 Å². The molecular formula is C14F32O3Si. The van der Waals surface area contributed by atoms with E-state index in [0.717, 1.165) is 13.3 Å². The highest BCUT2D eigenvalue weighted by Crippen LogP contribution is 2.62. The van der Waals surface area contributed by atoms with E-state index in [0.29, 0.717) is 0 Å². The van der Waals surface area contributed by atoms with Crippen LogP contribution in [0.25, 0.3) is 0 Å². The van der Waals surface area contributed by atoms with Crippen LogP contribution in [0.3, 0.4) is 0 Å². The summed E-state index contributed by atoms with van der Waals surface area (Å²) < 4.78 is 423. The van der Waals surface area contributed by atoms with Gasteiger partial charge in [0.15, 0.2) is 0 Å². The monoisotopic (exact) mass is 852 g/mol. The predicted molar refractivity (Wildman–Crippen MR) is 82.7 cm³/mol. The van der Waals surface area contributed by atoms with Gasteiger partial charge in [-0.05, 0) is 0 Å². The molecule has 0 saturated carbocycles. The van der Waals surface area contributed by atoms with E-state index in [2.05, 4.69) is 0 Å². The molecule has 0 aromatic rings. The summed E-state index contributed by atoms with van der Waals surface area (Å²) in [6, 6.07) is 0. The molecule has 0 N–H and O–H groups in total. The maximum Gasteiger partial charge on any atom is 0.599 e. The normalized spacial score (nSPS) is 17.0. The molecule has 0 heterocycles. The molecule has 0 fully saturated rings. The van der Waals surface area contributed by atoms with Gasteiger partial charge in [-0.15, -0.1) is 0 Å². The summed E-state index contributed by atoms with van der Waals surface area (Å²) in [6.45, 7) is 0.